The van der Waals surface area contributed by atoms with Gasteiger partial charge in [-0.1, -0.05) is 18.2 Å². The van der Waals surface area contributed by atoms with E-state index in [9.17, 15) is 9.59 Å². The molecule has 0 unspecified atom stereocenters. The van der Waals surface area contributed by atoms with E-state index < -0.39 is 12.0 Å². The highest BCUT2D eigenvalue weighted by Crippen LogP contribution is 2.26. The molecule has 0 aliphatic carbocycles. The number of para-hydroxylation sites is 1. The number of carbonyl (C=O) groups excluding carboxylic acids is 1. The van der Waals surface area contributed by atoms with Crippen LogP contribution in [0.25, 0.3) is 0 Å². The molecule has 0 bridgehead atoms. The Kier molecular flexibility index (Phi) is 6.08. The Balaban J connectivity index is 2.71. The number of rotatable bonds is 5. The van der Waals surface area contributed by atoms with Gasteiger partial charge in [0.1, 0.15) is 0 Å². The third kappa shape index (κ3) is 4.75. The first kappa shape index (κ1) is 15.2. The monoisotopic (exact) mass is 326 g/mol. The smallest absolute Gasteiger partial charge is 0.337 e. The number of hydrogen-bond acceptors (Lipinski definition) is 2. The standard InChI is InChI=1S/C13H15BrN2O3/c1-2-3-4-8-15-13(19)16-11-9(12(17)18)6-5-7-10(11)14/h2-3,5-7H,4,8H2,1H3,(H,17,18)(H2,15,16,19)/b3-2+. The first-order chi connectivity index (χ1) is 9.06. The molecule has 1 aromatic carbocycles. The van der Waals surface area contributed by atoms with Gasteiger partial charge in [-0.15, -0.1) is 0 Å². The Morgan fingerprint density at radius 1 is 1.42 bits per heavy atom. The molecule has 2 amide bonds. The number of aromatic carboxylic acids is 1. The third-order valence-corrected chi connectivity index (χ3v) is 2.98. The summed E-state index contributed by atoms with van der Waals surface area (Å²) in [5.41, 5.74) is 0.288. The maximum Gasteiger partial charge on any atom is 0.337 e. The molecule has 0 radical (unpaired) electrons. The highest BCUT2D eigenvalue weighted by Gasteiger charge is 2.14. The summed E-state index contributed by atoms with van der Waals surface area (Å²) in [6.07, 6.45) is 4.56. The lowest BCUT2D eigenvalue weighted by atomic mass is 10.2. The molecule has 0 aromatic heterocycles. The van der Waals surface area contributed by atoms with Crippen LogP contribution >= 0.6 is 15.9 Å². The molecule has 1 aromatic rings. The van der Waals surface area contributed by atoms with Crippen molar-refractivity contribution in [2.45, 2.75) is 13.3 Å². The van der Waals surface area contributed by atoms with Gasteiger partial charge in [0.05, 0.1) is 11.3 Å². The average Bonchev–Trinajstić information content (AvgIpc) is 2.37. The zero-order chi connectivity index (χ0) is 14.3. The first-order valence-corrected chi connectivity index (χ1v) is 6.53. The normalized spacial score (nSPS) is 10.4. The van der Waals surface area contributed by atoms with Gasteiger partial charge in [-0.2, -0.15) is 0 Å². The minimum atomic E-state index is -1.09. The molecule has 0 heterocycles. The van der Waals surface area contributed by atoms with Crippen molar-refractivity contribution in [3.05, 3.63) is 40.4 Å². The van der Waals surface area contributed by atoms with Crippen molar-refractivity contribution in [3.8, 4) is 0 Å². The zero-order valence-electron chi connectivity index (χ0n) is 10.4. The van der Waals surface area contributed by atoms with Gasteiger partial charge in [0.15, 0.2) is 0 Å². The summed E-state index contributed by atoms with van der Waals surface area (Å²) in [7, 11) is 0. The second-order valence-corrected chi connectivity index (χ2v) is 4.56. The Bertz CT molecular complexity index is 501. The molecule has 0 saturated carbocycles. The number of halogens is 1. The molecule has 0 atom stereocenters. The maximum atomic E-state index is 11.6. The molecule has 0 saturated heterocycles. The quantitative estimate of drug-likeness (QED) is 0.574. The van der Waals surface area contributed by atoms with E-state index in [1.807, 2.05) is 19.1 Å². The number of amides is 2. The fourth-order valence-electron chi connectivity index (χ4n) is 1.42. The third-order valence-electron chi connectivity index (χ3n) is 2.31. The number of allylic oxidation sites excluding steroid dienone is 1. The molecule has 1 rings (SSSR count). The lowest BCUT2D eigenvalue weighted by Gasteiger charge is -2.11. The molecular weight excluding hydrogens is 312 g/mol. The Hall–Kier alpha value is -1.82. The molecule has 5 nitrogen and oxygen atoms in total. The largest absolute Gasteiger partial charge is 0.478 e. The van der Waals surface area contributed by atoms with Crippen LogP contribution in [0.15, 0.2) is 34.8 Å². The minimum absolute atomic E-state index is 0.0398. The lowest BCUT2D eigenvalue weighted by molar-refractivity contribution is 0.0698. The zero-order valence-corrected chi connectivity index (χ0v) is 12.0. The van der Waals surface area contributed by atoms with E-state index in [1.54, 1.807) is 12.1 Å². The van der Waals surface area contributed by atoms with E-state index in [2.05, 4.69) is 26.6 Å². The Labute approximate surface area is 119 Å². The van der Waals surface area contributed by atoms with Crippen molar-refractivity contribution in [1.82, 2.24) is 5.32 Å². The van der Waals surface area contributed by atoms with Crippen LogP contribution in [-0.4, -0.2) is 23.7 Å². The van der Waals surface area contributed by atoms with Crippen LogP contribution in [0.4, 0.5) is 10.5 Å². The van der Waals surface area contributed by atoms with Crippen LogP contribution < -0.4 is 10.6 Å². The number of carbonyl (C=O) groups is 2. The topological polar surface area (TPSA) is 78.4 Å². The number of carboxylic acid groups (broad SMARTS) is 1. The Morgan fingerprint density at radius 2 is 2.16 bits per heavy atom. The van der Waals surface area contributed by atoms with Crippen LogP contribution in [0.2, 0.25) is 0 Å². The molecule has 0 fully saturated rings. The summed E-state index contributed by atoms with van der Waals surface area (Å²) in [6, 6.07) is 4.27. The minimum Gasteiger partial charge on any atom is -0.478 e. The van der Waals surface area contributed by atoms with Crippen molar-refractivity contribution in [2.75, 3.05) is 11.9 Å². The summed E-state index contributed by atoms with van der Waals surface area (Å²) >= 11 is 3.22. The van der Waals surface area contributed by atoms with E-state index in [0.717, 1.165) is 6.42 Å². The van der Waals surface area contributed by atoms with Crippen molar-refractivity contribution in [1.29, 1.82) is 0 Å². The van der Waals surface area contributed by atoms with E-state index in [4.69, 9.17) is 5.11 Å². The van der Waals surface area contributed by atoms with Crippen molar-refractivity contribution in [3.63, 3.8) is 0 Å². The summed E-state index contributed by atoms with van der Waals surface area (Å²) < 4.78 is 0.524. The second kappa shape index (κ2) is 7.58. The lowest BCUT2D eigenvalue weighted by Crippen LogP contribution is -2.30. The molecule has 19 heavy (non-hydrogen) atoms. The van der Waals surface area contributed by atoms with Crippen LogP contribution in [0.1, 0.15) is 23.7 Å². The van der Waals surface area contributed by atoms with Gasteiger partial charge >= 0.3 is 12.0 Å². The highest BCUT2D eigenvalue weighted by atomic mass is 79.9. The van der Waals surface area contributed by atoms with Crippen LogP contribution in [0.3, 0.4) is 0 Å². The molecule has 102 valence electrons. The predicted molar refractivity (Wildman–Crippen MR) is 77.6 cm³/mol. The van der Waals surface area contributed by atoms with Gasteiger partial charge in [0.25, 0.3) is 0 Å². The van der Waals surface area contributed by atoms with Gasteiger partial charge in [0.2, 0.25) is 0 Å². The fraction of sp³-hybridized carbons (Fsp3) is 0.231. The average molecular weight is 327 g/mol. The molecule has 0 aliphatic rings. The number of carboxylic acids is 1. The molecule has 0 aliphatic heterocycles. The van der Waals surface area contributed by atoms with Gasteiger partial charge in [0, 0.05) is 11.0 Å². The highest BCUT2D eigenvalue weighted by molar-refractivity contribution is 9.10. The van der Waals surface area contributed by atoms with Crippen LogP contribution in [-0.2, 0) is 0 Å². The van der Waals surface area contributed by atoms with Gasteiger partial charge in [-0.25, -0.2) is 9.59 Å². The second-order valence-electron chi connectivity index (χ2n) is 3.71. The SMILES string of the molecule is C/C=C/CCNC(=O)Nc1c(Br)cccc1C(=O)O. The predicted octanol–water partition coefficient (Wildman–Crippen LogP) is 3.24. The Morgan fingerprint density at radius 3 is 2.79 bits per heavy atom. The van der Waals surface area contributed by atoms with E-state index in [1.165, 1.54) is 6.07 Å². The summed E-state index contributed by atoms with van der Waals surface area (Å²) in [5, 5.41) is 14.2. The van der Waals surface area contributed by atoms with Gasteiger partial charge in [-0.3, -0.25) is 0 Å². The van der Waals surface area contributed by atoms with Crippen molar-refractivity contribution >= 4 is 33.6 Å². The van der Waals surface area contributed by atoms with Gasteiger partial charge < -0.3 is 15.7 Å². The van der Waals surface area contributed by atoms with E-state index in [0.29, 0.717) is 11.0 Å². The molecule has 3 N–H and O–H groups in total. The molecular formula is C13H15BrN2O3. The fourth-order valence-corrected chi connectivity index (χ4v) is 1.89. The number of hydrogen-bond donors (Lipinski definition) is 3. The number of urea groups is 1. The van der Waals surface area contributed by atoms with Crippen LogP contribution in [0.5, 0.6) is 0 Å². The van der Waals surface area contributed by atoms with Crippen molar-refractivity contribution in [2.24, 2.45) is 0 Å². The van der Waals surface area contributed by atoms with Crippen molar-refractivity contribution < 1.29 is 14.7 Å². The summed E-state index contributed by atoms with van der Waals surface area (Å²) in [6.45, 7) is 2.39. The summed E-state index contributed by atoms with van der Waals surface area (Å²) in [5.74, 6) is -1.09. The number of nitrogens with one attached hydrogen (secondary N) is 2. The maximum absolute atomic E-state index is 11.6. The van der Waals surface area contributed by atoms with E-state index >= 15 is 0 Å². The first-order valence-electron chi connectivity index (χ1n) is 5.74. The molecule has 6 heteroatoms. The number of anilines is 1. The van der Waals surface area contributed by atoms with Crippen LogP contribution in [0, 0.1) is 0 Å². The van der Waals surface area contributed by atoms with Gasteiger partial charge in [-0.05, 0) is 41.4 Å². The van der Waals surface area contributed by atoms with E-state index in [-0.39, 0.29) is 11.3 Å². The molecule has 0 spiro atoms. The summed E-state index contributed by atoms with van der Waals surface area (Å²) in [4.78, 5) is 22.7. The number of benzene rings is 1.